The smallest absolute Gasteiger partial charge is 0.251 e. The van der Waals surface area contributed by atoms with Crippen LogP contribution >= 0.6 is 0 Å². The largest absolute Gasteiger partial charge is 0.384 e. The van der Waals surface area contributed by atoms with Crippen LogP contribution in [0.15, 0.2) is 24.5 Å². The van der Waals surface area contributed by atoms with Crippen molar-refractivity contribution in [3.05, 3.63) is 30.1 Å². The summed E-state index contributed by atoms with van der Waals surface area (Å²) in [5, 5.41) is 15.2. The number of carbonyl (C=O) groups is 4. The van der Waals surface area contributed by atoms with Crippen molar-refractivity contribution in [1.82, 2.24) is 20.5 Å². The van der Waals surface area contributed by atoms with Crippen LogP contribution in [0.1, 0.15) is 44.0 Å². The number of piperidine rings is 1. The molecular formula is C20H29N5O5. The minimum Gasteiger partial charge on any atom is -0.384 e. The second-order valence-electron chi connectivity index (χ2n) is 7.79. The molecule has 1 fully saturated rings. The number of amides is 4. The van der Waals surface area contributed by atoms with Crippen LogP contribution < -0.4 is 16.4 Å². The maximum atomic E-state index is 12.9. The van der Waals surface area contributed by atoms with Gasteiger partial charge in [0.1, 0.15) is 18.2 Å². The summed E-state index contributed by atoms with van der Waals surface area (Å²) >= 11 is 0. The van der Waals surface area contributed by atoms with Gasteiger partial charge in [0, 0.05) is 30.5 Å². The molecule has 0 aromatic carbocycles. The van der Waals surface area contributed by atoms with Crippen molar-refractivity contribution in [1.29, 1.82) is 0 Å². The Morgan fingerprint density at radius 1 is 1.20 bits per heavy atom. The maximum absolute atomic E-state index is 12.9. The Labute approximate surface area is 175 Å². The molecule has 1 saturated heterocycles. The Morgan fingerprint density at radius 3 is 2.37 bits per heavy atom. The molecule has 30 heavy (non-hydrogen) atoms. The van der Waals surface area contributed by atoms with Gasteiger partial charge < -0.3 is 26.4 Å². The Balaban J connectivity index is 2.17. The van der Waals surface area contributed by atoms with Crippen molar-refractivity contribution in [2.45, 2.75) is 57.8 Å². The molecule has 2 heterocycles. The van der Waals surface area contributed by atoms with Crippen LogP contribution in [0.3, 0.4) is 0 Å². The number of rotatable bonds is 7. The predicted octanol–water partition coefficient (Wildman–Crippen LogP) is -0.822. The van der Waals surface area contributed by atoms with Gasteiger partial charge in [0.15, 0.2) is 0 Å². The van der Waals surface area contributed by atoms with Gasteiger partial charge in [-0.3, -0.25) is 24.2 Å². The third-order valence-electron chi connectivity index (χ3n) is 5.09. The summed E-state index contributed by atoms with van der Waals surface area (Å²) < 4.78 is 0. The lowest BCUT2D eigenvalue weighted by Crippen LogP contribution is -2.61. The van der Waals surface area contributed by atoms with E-state index in [1.165, 1.54) is 24.2 Å². The molecule has 164 valence electrons. The van der Waals surface area contributed by atoms with Crippen LogP contribution in [-0.4, -0.2) is 69.4 Å². The summed E-state index contributed by atoms with van der Waals surface area (Å²) in [6.45, 7) is 4.99. The fourth-order valence-corrected chi connectivity index (χ4v) is 3.44. The standard InChI is InChI=1S/C20H29N5O5/c1-11(2)16(17(21)27)24-19(29)15-10-14(6-9-25(15)20(30)12(3)26)23-18(28)13-4-7-22-8-5-13/h4-5,7-8,11-12,14-16,26H,6,9-10H2,1-3H3,(H2,21,27)(H,23,28)(H,24,29)/t12-,14-,15-,16+/m0/s1. The van der Waals surface area contributed by atoms with Crippen LogP contribution in [-0.2, 0) is 14.4 Å². The Morgan fingerprint density at radius 2 is 1.83 bits per heavy atom. The second-order valence-corrected chi connectivity index (χ2v) is 7.79. The number of primary amides is 1. The molecule has 0 spiro atoms. The summed E-state index contributed by atoms with van der Waals surface area (Å²) in [5.74, 6) is -2.36. The van der Waals surface area contributed by atoms with E-state index in [1.54, 1.807) is 26.0 Å². The number of aliphatic hydroxyl groups excluding tert-OH is 1. The topological polar surface area (TPSA) is 155 Å². The first-order valence-electron chi connectivity index (χ1n) is 9.91. The Hall–Kier alpha value is -3.01. The van der Waals surface area contributed by atoms with Crippen molar-refractivity contribution < 1.29 is 24.3 Å². The molecule has 10 nitrogen and oxygen atoms in total. The third-order valence-corrected chi connectivity index (χ3v) is 5.09. The van der Waals surface area contributed by atoms with Gasteiger partial charge in [0.25, 0.3) is 11.8 Å². The van der Waals surface area contributed by atoms with Crippen molar-refractivity contribution in [3.8, 4) is 0 Å². The number of nitrogens with zero attached hydrogens (tertiary/aromatic N) is 2. The highest BCUT2D eigenvalue weighted by Crippen LogP contribution is 2.20. The zero-order valence-corrected chi connectivity index (χ0v) is 17.4. The molecule has 0 radical (unpaired) electrons. The van der Waals surface area contributed by atoms with Gasteiger partial charge >= 0.3 is 0 Å². The number of carbonyl (C=O) groups excluding carboxylic acids is 4. The third kappa shape index (κ3) is 5.76. The second kappa shape index (κ2) is 10.1. The summed E-state index contributed by atoms with van der Waals surface area (Å²) in [6, 6.07) is 0.930. The zero-order valence-electron chi connectivity index (χ0n) is 17.4. The number of pyridine rings is 1. The van der Waals surface area contributed by atoms with Crippen LogP contribution in [0.2, 0.25) is 0 Å². The monoisotopic (exact) mass is 419 g/mol. The average Bonchev–Trinajstić information content (AvgIpc) is 2.71. The number of nitrogens with one attached hydrogen (secondary N) is 2. The molecule has 0 bridgehead atoms. The summed E-state index contributed by atoms with van der Waals surface area (Å²) in [7, 11) is 0. The molecule has 4 atom stereocenters. The Kier molecular flexibility index (Phi) is 7.87. The van der Waals surface area contributed by atoms with E-state index in [0.717, 1.165) is 0 Å². The van der Waals surface area contributed by atoms with Crippen LogP contribution in [0.25, 0.3) is 0 Å². The molecule has 2 rings (SSSR count). The minimum absolute atomic E-state index is 0.144. The van der Waals surface area contributed by atoms with E-state index in [1.807, 2.05) is 0 Å². The number of hydrogen-bond donors (Lipinski definition) is 4. The first kappa shape index (κ1) is 23.3. The first-order valence-corrected chi connectivity index (χ1v) is 9.91. The van der Waals surface area contributed by atoms with E-state index >= 15 is 0 Å². The van der Waals surface area contributed by atoms with E-state index in [2.05, 4.69) is 15.6 Å². The van der Waals surface area contributed by atoms with Gasteiger partial charge in [-0.1, -0.05) is 13.8 Å². The highest BCUT2D eigenvalue weighted by Gasteiger charge is 2.39. The van der Waals surface area contributed by atoms with Gasteiger partial charge in [-0.25, -0.2) is 0 Å². The minimum atomic E-state index is -1.28. The van der Waals surface area contributed by atoms with Crippen LogP contribution in [0.5, 0.6) is 0 Å². The van der Waals surface area contributed by atoms with E-state index in [9.17, 15) is 24.3 Å². The van der Waals surface area contributed by atoms with Gasteiger partial charge in [-0.05, 0) is 37.8 Å². The van der Waals surface area contributed by atoms with Crippen LogP contribution in [0, 0.1) is 5.92 Å². The SMILES string of the molecule is CC(C)[C@@H](NC(=O)[C@@H]1C[C@@H](NC(=O)c2ccncc2)CCN1C(=O)[C@H](C)O)C(N)=O. The number of likely N-dealkylation sites (tertiary alicyclic amines) is 1. The van der Waals surface area contributed by atoms with E-state index in [0.29, 0.717) is 12.0 Å². The molecule has 1 aromatic rings. The molecule has 0 unspecified atom stereocenters. The number of aromatic nitrogens is 1. The lowest BCUT2D eigenvalue weighted by molar-refractivity contribution is -0.149. The fraction of sp³-hybridized carbons (Fsp3) is 0.550. The number of aliphatic hydroxyl groups is 1. The molecule has 0 aliphatic carbocycles. The first-order chi connectivity index (χ1) is 14.1. The van der Waals surface area contributed by atoms with Crippen molar-refractivity contribution in [2.75, 3.05) is 6.54 Å². The molecule has 5 N–H and O–H groups in total. The average molecular weight is 419 g/mol. The quantitative estimate of drug-likeness (QED) is 0.453. The highest BCUT2D eigenvalue weighted by molar-refractivity contribution is 5.95. The normalized spacial score (nSPS) is 20.9. The van der Waals surface area contributed by atoms with Crippen molar-refractivity contribution >= 4 is 23.6 Å². The molecule has 10 heteroatoms. The van der Waals surface area contributed by atoms with Gasteiger partial charge in [-0.2, -0.15) is 0 Å². The summed E-state index contributed by atoms with van der Waals surface area (Å²) in [4.78, 5) is 54.6. The van der Waals surface area contributed by atoms with E-state index < -0.39 is 35.9 Å². The van der Waals surface area contributed by atoms with Gasteiger partial charge in [0.2, 0.25) is 11.8 Å². The van der Waals surface area contributed by atoms with Gasteiger partial charge in [-0.15, -0.1) is 0 Å². The number of hydrogen-bond acceptors (Lipinski definition) is 6. The molecule has 1 aliphatic heterocycles. The Bertz CT molecular complexity index is 783. The van der Waals surface area contributed by atoms with Gasteiger partial charge in [0.05, 0.1) is 0 Å². The zero-order chi connectivity index (χ0) is 22.4. The van der Waals surface area contributed by atoms with Crippen molar-refractivity contribution in [2.24, 2.45) is 11.7 Å². The predicted molar refractivity (Wildman–Crippen MR) is 108 cm³/mol. The lowest BCUT2D eigenvalue weighted by atomic mass is 9.94. The molecule has 4 amide bonds. The molecule has 0 saturated carbocycles. The molecular weight excluding hydrogens is 390 g/mol. The fourth-order valence-electron chi connectivity index (χ4n) is 3.44. The summed E-state index contributed by atoms with van der Waals surface area (Å²) in [6.07, 6.45) is 2.30. The maximum Gasteiger partial charge on any atom is 0.251 e. The lowest BCUT2D eigenvalue weighted by Gasteiger charge is -2.40. The van der Waals surface area contributed by atoms with E-state index in [-0.39, 0.29) is 30.8 Å². The van der Waals surface area contributed by atoms with Crippen molar-refractivity contribution in [3.63, 3.8) is 0 Å². The highest BCUT2D eigenvalue weighted by atomic mass is 16.3. The molecule has 1 aromatic heterocycles. The molecule has 1 aliphatic rings. The van der Waals surface area contributed by atoms with Crippen LogP contribution in [0.4, 0.5) is 0 Å². The number of nitrogens with two attached hydrogens (primary N) is 1. The van der Waals surface area contributed by atoms with E-state index in [4.69, 9.17) is 5.73 Å². The summed E-state index contributed by atoms with van der Waals surface area (Å²) in [5.41, 5.74) is 5.81.